The summed E-state index contributed by atoms with van der Waals surface area (Å²) in [7, 11) is 0. The van der Waals surface area contributed by atoms with Crippen LogP contribution in [0.5, 0.6) is 0 Å². The van der Waals surface area contributed by atoms with E-state index in [4.69, 9.17) is 4.74 Å². The van der Waals surface area contributed by atoms with Crippen LogP contribution in [-0.4, -0.2) is 17.5 Å². The zero-order chi connectivity index (χ0) is 14.4. The highest BCUT2D eigenvalue weighted by atomic mass is 16.6. The molecular formula is C15H17NO4. The molecule has 0 amide bonds. The van der Waals surface area contributed by atoms with Crippen LogP contribution in [0.1, 0.15) is 24.8 Å². The number of aryl methyl sites for hydroxylation is 1. The fourth-order valence-electron chi connectivity index (χ4n) is 2.16. The van der Waals surface area contributed by atoms with Crippen molar-refractivity contribution in [2.24, 2.45) is 5.92 Å². The van der Waals surface area contributed by atoms with Gasteiger partial charge in [0.05, 0.1) is 17.4 Å². The van der Waals surface area contributed by atoms with E-state index in [0.29, 0.717) is 6.61 Å². The van der Waals surface area contributed by atoms with E-state index in [1.165, 1.54) is 12.1 Å². The third-order valence-corrected chi connectivity index (χ3v) is 3.34. The quantitative estimate of drug-likeness (QED) is 0.263. The van der Waals surface area contributed by atoms with Gasteiger partial charge in [-0.2, -0.15) is 0 Å². The first kappa shape index (κ1) is 14.2. The molecule has 1 aliphatic carbocycles. The number of allylic oxidation sites excluding steroid dienone is 2. The van der Waals surface area contributed by atoms with Crippen LogP contribution in [0.4, 0.5) is 5.69 Å². The molecular weight excluding hydrogens is 258 g/mol. The summed E-state index contributed by atoms with van der Waals surface area (Å²) in [5, 5.41) is 10.5. The second-order valence-corrected chi connectivity index (χ2v) is 4.83. The van der Waals surface area contributed by atoms with Gasteiger partial charge < -0.3 is 4.74 Å². The average molecular weight is 275 g/mol. The largest absolute Gasteiger partial charge is 0.465 e. The fraction of sp³-hybridized carbons (Fsp3) is 0.400. The van der Waals surface area contributed by atoms with Gasteiger partial charge in [0.2, 0.25) is 0 Å². The van der Waals surface area contributed by atoms with Gasteiger partial charge in [0.15, 0.2) is 0 Å². The van der Waals surface area contributed by atoms with Gasteiger partial charge in [-0.3, -0.25) is 14.9 Å². The van der Waals surface area contributed by atoms with E-state index in [-0.39, 0.29) is 17.6 Å². The van der Waals surface area contributed by atoms with Gasteiger partial charge in [0, 0.05) is 12.1 Å². The highest BCUT2D eigenvalue weighted by Crippen LogP contribution is 2.19. The number of nitro groups is 1. The van der Waals surface area contributed by atoms with Crippen LogP contribution in [0.25, 0.3) is 0 Å². The van der Waals surface area contributed by atoms with Crippen molar-refractivity contribution in [3.05, 3.63) is 52.1 Å². The van der Waals surface area contributed by atoms with Crippen molar-refractivity contribution in [2.45, 2.75) is 25.7 Å². The Bertz CT molecular complexity index is 499. The van der Waals surface area contributed by atoms with Crippen molar-refractivity contribution < 1.29 is 14.5 Å². The summed E-state index contributed by atoms with van der Waals surface area (Å²) in [5.41, 5.74) is 1.10. The van der Waals surface area contributed by atoms with E-state index in [0.717, 1.165) is 31.2 Å². The van der Waals surface area contributed by atoms with Gasteiger partial charge >= 0.3 is 5.97 Å². The minimum atomic E-state index is -0.415. The molecule has 2 rings (SSSR count). The van der Waals surface area contributed by atoms with E-state index in [9.17, 15) is 14.9 Å². The van der Waals surface area contributed by atoms with Crippen LogP contribution in [0.2, 0.25) is 0 Å². The Labute approximate surface area is 117 Å². The molecule has 0 heterocycles. The summed E-state index contributed by atoms with van der Waals surface area (Å²) < 4.78 is 5.22. The van der Waals surface area contributed by atoms with E-state index in [1.807, 2.05) is 12.2 Å². The molecule has 5 nitrogen and oxygen atoms in total. The molecule has 0 saturated carbocycles. The number of hydrogen-bond donors (Lipinski definition) is 0. The molecule has 1 aromatic rings. The van der Waals surface area contributed by atoms with E-state index >= 15 is 0 Å². The normalized spacial score (nSPS) is 14.4. The molecule has 106 valence electrons. The van der Waals surface area contributed by atoms with Gasteiger partial charge in [-0.05, 0) is 31.2 Å². The second kappa shape index (κ2) is 6.84. The lowest BCUT2D eigenvalue weighted by Gasteiger charge is -2.09. The van der Waals surface area contributed by atoms with Crippen molar-refractivity contribution in [3.8, 4) is 0 Å². The van der Waals surface area contributed by atoms with Crippen LogP contribution in [0.3, 0.4) is 0 Å². The first-order valence-electron chi connectivity index (χ1n) is 6.72. The van der Waals surface area contributed by atoms with Gasteiger partial charge in [-0.1, -0.05) is 24.3 Å². The third-order valence-electron chi connectivity index (χ3n) is 3.34. The van der Waals surface area contributed by atoms with Crippen molar-refractivity contribution >= 4 is 11.7 Å². The Morgan fingerprint density at radius 2 is 1.90 bits per heavy atom. The first-order chi connectivity index (χ1) is 9.66. The average Bonchev–Trinajstić information content (AvgIpc) is 2.98. The molecule has 20 heavy (non-hydrogen) atoms. The van der Waals surface area contributed by atoms with E-state index in [2.05, 4.69) is 0 Å². The van der Waals surface area contributed by atoms with Crippen LogP contribution < -0.4 is 0 Å². The van der Waals surface area contributed by atoms with Crippen LogP contribution in [0.15, 0.2) is 36.4 Å². The van der Waals surface area contributed by atoms with Crippen molar-refractivity contribution in [1.82, 2.24) is 0 Å². The lowest BCUT2D eigenvalue weighted by atomic mass is 10.1. The predicted octanol–water partition coefficient (Wildman–Crippen LogP) is 3.04. The SMILES string of the molecule is O=C(OCCCc1ccc([N+](=O)[O-])cc1)C1CC=CC1. The molecule has 0 bridgehead atoms. The van der Waals surface area contributed by atoms with Crippen molar-refractivity contribution in [2.75, 3.05) is 6.61 Å². The predicted molar refractivity (Wildman–Crippen MR) is 74.2 cm³/mol. The second-order valence-electron chi connectivity index (χ2n) is 4.83. The first-order valence-corrected chi connectivity index (χ1v) is 6.72. The van der Waals surface area contributed by atoms with Gasteiger partial charge in [-0.25, -0.2) is 0 Å². The summed E-state index contributed by atoms with van der Waals surface area (Å²) in [6.45, 7) is 0.395. The fourth-order valence-corrected chi connectivity index (χ4v) is 2.16. The molecule has 0 atom stereocenters. The highest BCUT2D eigenvalue weighted by molar-refractivity contribution is 5.73. The third kappa shape index (κ3) is 3.91. The standard InChI is InChI=1S/C15H17NO4/c17-15(13-5-1-2-6-13)20-11-3-4-12-7-9-14(10-8-12)16(18)19/h1-2,7-10,13H,3-6,11H2. The number of ether oxygens (including phenoxy) is 1. The maximum atomic E-state index is 11.6. The maximum absolute atomic E-state index is 11.6. The maximum Gasteiger partial charge on any atom is 0.309 e. The number of hydrogen-bond acceptors (Lipinski definition) is 4. The Morgan fingerprint density at radius 1 is 1.25 bits per heavy atom. The lowest BCUT2D eigenvalue weighted by molar-refractivity contribution is -0.384. The molecule has 0 aliphatic heterocycles. The molecule has 0 spiro atoms. The summed E-state index contributed by atoms with van der Waals surface area (Å²) in [6.07, 6.45) is 7.03. The van der Waals surface area contributed by atoms with Gasteiger partial charge in [-0.15, -0.1) is 0 Å². The number of nitrogens with zero attached hydrogens (tertiary/aromatic N) is 1. The summed E-state index contributed by atoms with van der Waals surface area (Å²) in [5.74, 6) is -0.131. The molecule has 1 aliphatic rings. The number of esters is 1. The number of carbonyl (C=O) groups is 1. The van der Waals surface area contributed by atoms with Crippen molar-refractivity contribution in [3.63, 3.8) is 0 Å². The van der Waals surface area contributed by atoms with Crippen LogP contribution in [-0.2, 0) is 16.0 Å². The summed E-state index contributed by atoms with van der Waals surface area (Å²) in [4.78, 5) is 21.7. The smallest absolute Gasteiger partial charge is 0.309 e. The Kier molecular flexibility index (Phi) is 4.87. The Balaban J connectivity index is 1.67. The minimum Gasteiger partial charge on any atom is -0.465 e. The number of nitro benzene ring substituents is 1. The van der Waals surface area contributed by atoms with Gasteiger partial charge in [0.1, 0.15) is 0 Å². The molecule has 0 saturated heterocycles. The number of rotatable bonds is 6. The van der Waals surface area contributed by atoms with Crippen LogP contribution >= 0.6 is 0 Å². The molecule has 0 radical (unpaired) electrons. The number of non-ortho nitro benzene ring substituents is 1. The van der Waals surface area contributed by atoms with E-state index in [1.54, 1.807) is 12.1 Å². The molecule has 0 N–H and O–H groups in total. The molecule has 0 aromatic heterocycles. The molecule has 5 heteroatoms. The summed E-state index contributed by atoms with van der Waals surface area (Å²) in [6, 6.07) is 6.46. The van der Waals surface area contributed by atoms with Gasteiger partial charge in [0.25, 0.3) is 5.69 Å². The van der Waals surface area contributed by atoms with Crippen LogP contribution in [0, 0.1) is 16.0 Å². The highest BCUT2D eigenvalue weighted by Gasteiger charge is 2.20. The minimum absolute atomic E-state index is 0.00521. The lowest BCUT2D eigenvalue weighted by Crippen LogP contribution is -2.15. The van der Waals surface area contributed by atoms with Crippen molar-refractivity contribution in [1.29, 1.82) is 0 Å². The monoisotopic (exact) mass is 275 g/mol. The summed E-state index contributed by atoms with van der Waals surface area (Å²) >= 11 is 0. The topological polar surface area (TPSA) is 69.4 Å². The number of carbonyl (C=O) groups excluding carboxylic acids is 1. The Hall–Kier alpha value is -2.17. The molecule has 1 aromatic carbocycles. The number of benzene rings is 1. The molecule has 0 unspecified atom stereocenters. The van der Waals surface area contributed by atoms with E-state index < -0.39 is 4.92 Å². The zero-order valence-electron chi connectivity index (χ0n) is 11.2. The zero-order valence-corrected chi connectivity index (χ0v) is 11.2. The molecule has 0 fully saturated rings. The Morgan fingerprint density at radius 3 is 2.50 bits per heavy atom.